The molecule has 4 rings (SSSR count). The number of hydrogen-bond donors (Lipinski definition) is 1. The van der Waals surface area contributed by atoms with E-state index in [0.717, 1.165) is 47.9 Å². The summed E-state index contributed by atoms with van der Waals surface area (Å²) in [4.78, 5) is 23.7. The molecular weight excluding hydrogens is 394 g/mol. The molecule has 3 aromatic rings. The van der Waals surface area contributed by atoms with Crippen LogP contribution < -0.4 is 10.1 Å². The number of anilines is 1. The van der Waals surface area contributed by atoms with Gasteiger partial charge >= 0.3 is 0 Å². The highest BCUT2D eigenvalue weighted by Gasteiger charge is 2.18. The summed E-state index contributed by atoms with van der Waals surface area (Å²) >= 11 is 0. The number of amides is 1. The number of rotatable bonds is 7. The quantitative estimate of drug-likeness (QED) is 0.620. The molecule has 31 heavy (non-hydrogen) atoms. The molecule has 8 nitrogen and oxygen atoms in total. The largest absolute Gasteiger partial charge is 0.492 e. The molecule has 0 unspecified atom stereocenters. The van der Waals surface area contributed by atoms with E-state index in [2.05, 4.69) is 25.3 Å². The van der Waals surface area contributed by atoms with Crippen molar-refractivity contribution in [1.82, 2.24) is 20.0 Å². The van der Waals surface area contributed by atoms with Gasteiger partial charge in [0.25, 0.3) is 5.91 Å². The number of ether oxygens (including phenoxy) is 1. The van der Waals surface area contributed by atoms with Crippen LogP contribution in [-0.4, -0.2) is 52.2 Å². The molecule has 1 amide bonds. The number of hydrogen-bond acceptors (Lipinski definition) is 7. The highest BCUT2D eigenvalue weighted by molar-refractivity contribution is 6.03. The Hall–Kier alpha value is -3.26. The van der Waals surface area contributed by atoms with Crippen LogP contribution in [0.3, 0.4) is 0 Å². The van der Waals surface area contributed by atoms with E-state index in [1.807, 2.05) is 32.0 Å². The zero-order chi connectivity index (χ0) is 21.8. The number of carbonyl (C=O) groups is 1. The Labute approximate surface area is 181 Å². The minimum absolute atomic E-state index is 0.197. The monoisotopic (exact) mass is 421 g/mol. The fourth-order valence-electron chi connectivity index (χ4n) is 3.90. The van der Waals surface area contributed by atoms with E-state index in [1.54, 1.807) is 13.3 Å². The van der Waals surface area contributed by atoms with Gasteiger partial charge in [0.15, 0.2) is 0 Å². The molecule has 1 saturated heterocycles. The molecule has 1 aromatic carbocycles. The molecular formula is C23H27N5O3. The number of likely N-dealkylation sites (tertiary alicyclic amines) is 1. The van der Waals surface area contributed by atoms with Crippen LogP contribution in [0.4, 0.5) is 5.69 Å². The predicted molar refractivity (Wildman–Crippen MR) is 117 cm³/mol. The van der Waals surface area contributed by atoms with E-state index in [-0.39, 0.29) is 11.7 Å². The zero-order valence-electron chi connectivity index (χ0n) is 18.1. The first-order valence-corrected chi connectivity index (χ1v) is 10.5. The molecule has 0 bridgehead atoms. The van der Waals surface area contributed by atoms with Gasteiger partial charge in [-0.25, -0.2) is 9.97 Å². The van der Waals surface area contributed by atoms with Gasteiger partial charge in [0.2, 0.25) is 5.76 Å². The summed E-state index contributed by atoms with van der Waals surface area (Å²) in [7, 11) is 0. The van der Waals surface area contributed by atoms with Crippen molar-refractivity contribution in [2.45, 2.75) is 33.6 Å². The molecule has 8 heteroatoms. The standard InChI is InChI=1S/C23H27N5O3/c1-15-13-26-31-22(15)23(29)27-18-6-7-20(30-11-10-28-8-4-5-9-28)19(12-18)21-16(2)24-14-25-17(21)3/h6-7,12-14H,4-5,8-11H2,1-3H3,(H,27,29). The molecule has 0 saturated carbocycles. The minimum Gasteiger partial charge on any atom is -0.492 e. The SMILES string of the molecule is Cc1cnoc1C(=O)Nc1ccc(OCCN2CCCC2)c(-c2c(C)ncnc2C)c1. The molecule has 1 aliphatic heterocycles. The lowest BCUT2D eigenvalue weighted by Gasteiger charge is -2.18. The molecule has 2 aromatic heterocycles. The Morgan fingerprint density at radius 3 is 2.58 bits per heavy atom. The van der Waals surface area contributed by atoms with Crippen molar-refractivity contribution in [2.24, 2.45) is 0 Å². The zero-order valence-corrected chi connectivity index (χ0v) is 18.1. The number of carbonyl (C=O) groups excluding carboxylic acids is 1. The van der Waals surface area contributed by atoms with Crippen molar-refractivity contribution in [3.63, 3.8) is 0 Å². The Morgan fingerprint density at radius 1 is 1.16 bits per heavy atom. The van der Waals surface area contributed by atoms with Crippen LogP contribution in [0.2, 0.25) is 0 Å². The predicted octanol–water partition coefficient (Wildman–Crippen LogP) is 3.78. The van der Waals surface area contributed by atoms with E-state index in [9.17, 15) is 4.79 Å². The smallest absolute Gasteiger partial charge is 0.294 e. The van der Waals surface area contributed by atoms with Crippen molar-refractivity contribution in [3.05, 3.63) is 53.4 Å². The number of aryl methyl sites for hydroxylation is 3. The fraction of sp³-hybridized carbons (Fsp3) is 0.391. The molecule has 0 atom stereocenters. The maximum atomic E-state index is 12.6. The second kappa shape index (κ2) is 9.26. The van der Waals surface area contributed by atoms with Gasteiger partial charge in [0.05, 0.1) is 6.20 Å². The van der Waals surface area contributed by atoms with E-state index >= 15 is 0 Å². The first-order chi connectivity index (χ1) is 15.0. The number of nitrogens with zero attached hydrogens (tertiary/aromatic N) is 4. The van der Waals surface area contributed by atoms with Crippen LogP contribution >= 0.6 is 0 Å². The third-order valence-electron chi connectivity index (χ3n) is 5.55. The maximum Gasteiger partial charge on any atom is 0.294 e. The summed E-state index contributed by atoms with van der Waals surface area (Å²) in [5.41, 5.74) is 4.78. The van der Waals surface area contributed by atoms with Gasteiger partial charge < -0.3 is 14.6 Å². The third-order valence-corrected chi connectivity index (χ3v) is 5.55. The maximum absolute atomic E-state index is 12.6. The van der Waals surface area contributed by atoms with Gasteiger partial charge in [0.1, 0.15) is 18.7 Å². The lowest BCUT2D eigenvalue weighted by atomic mass is 10.0. The second-order valence-electron chi connectivity index (χ2n) is 7.82. The summed E-state index contributed by atoms with van der Waals surface area (Å²) in [5.74, 6) is 0.596. The molecule has 1 aliphatic rings. The Morgan fingerprint density at radius 2 is 1.90 bits per heavy atom. The normalized spacial score (nSPS) is 14.0. The average molecular weight is 422 g/mol. The van der Waals surface area contributed by atoms with Crippen molar-refractivity contribution in [2.75, 3.05) is 31.6 Å². The minimum atomic E-state index is -0.346. The van der Waals surface area contributed by atoms with Gasteiger partial charge in [-0.3, -0.25) is 9.69 Å². The van der Waals surface area contributed by atoms with Gasteiger partial charge in [-0.15, -0.1) is 0 Å². The lowest BCUT2D eigenvalue weighted by Crippen LogP contribution is -2.25. The topological polar surface area (TPSA) is 93.4 Å². The van der Waals surface area contributed by atoms with E-state index < -0.39 is 0 Å². The summed E-state index contributed by atoms with van der Waals surface area (Å²) < 4.78 is 11.2. The molecule has 0 radical (unpaired) electrons. The van der Waals surface area contributed by atoms with Crippen molar-refractivity contribution in [3.8, 4) is 16.9 Å². The lowest BCUT2D eigenvalue weighted by molar-refractivity contribution is 0.0987. The summed E-state index contributed by atoms with van der Waals surface area (Å²) in [6.45, 7) is 9.43. The first kappa shape index (κ1) is 21.0. The molecule has 1 N–H and O–H groups in total. The Kier molecular flexibility index (Phi) is 6.27. The van der Waals surface area contributed by atoms with Gasteiger partial charge in [-0.1, -0.05) is 5.16 Å². The molecule has 0 aliphatic carbocycles. The van der Waals surface area contributed by atoms with E-state index in [4.69, 9.17) is 9.26 Å². The van der Waals surface area contributed by atoms with Crippen LogP contribution in [0.15, 0.2) is 35.2 Å². The Balaban J connectivity index is 1.61. The van der Waals surface area contributed by atoms with Gasteiger partial charge in [0, 0.05) is 40.3 Å². The molecule has 0 spiro atoms. The van der Waals surface area contributed by atoms with Crippen molar-refractivity contribution >= 4 is 11.6 Å². The molecule has 1 fully saturated rings. The number of nitrogens with one attached hydrogen (secondary N) is 1. The highest BCUT2D eigenvalue weighted by Crippen LogP contribution is 2.35. The van der Waals surface area contributed by atoms with E-state index in [0.29, 0.717) is 17.9 Å². The van der Waals surface area contributed by atoms with Crippen molar-refractivity contribution in [1.29, 1.82) is 0 Å². The number of benzene rings is 1. The average Bonchev–Trinajstić information content (AvgIpc) is 3.41. The molecule has 162 valence electrons. The van der Waals surface area contributed by atoms with Gasteiger partial charge in [-0.05, 0) is 64.9 Å². The third kappa shape index (κ3) is 4.74. The van der Waals surface area contributed by atoms with Crippen LogP contribution in [0, 0.1) is 20.8 Å². The summed E-state index contributed by atoms with van der Waals surface area (Å²) in [6.07, 6.45) is 5.58. The van der Waals surface area contributed by atoms with Crippen LogP contribution in [0.25, 0.3) is 11.1 Å². The fourth-order valence-corrected chi connectivity index (χ4v) is 3.90. The van der Waals surface area contributed by atoms with Crippen LogP contribution in [0.5, 0.6) is 5.75 Å². The second-order valence-corrected chi connectivity index (χ2v) is 7.82. The Bertz CT molecular complexity index is 1050. The summed E-state index contributed by atoms with van der Waals surface area (Å²) in [6, 6.07) is 5.61. The summed E-state index contributed by atoms with van der Waals surface area (Å²) in [5, 5.41) is 6.56. The molecule has 3 heterocycles. The van der Waals surface area contributed by atoms with Crippen LogP contribution in [0.1, 0.15) is 40.3 Å². The van der Waals surface area contributed by atoms with Crippen molar-refractivity contribution < 1.29 is 14.1 Å². The van der Waals surface area contributed by atoms with Crippen LogP contribution in [-0.2, 0) is 0 Å². The van der Waals surface area contributed by atoms with E-state index in [1.165, 1.54) is 19.0 Å². The highest BCUT2D eigenvalue weighted by atomic mass is 16.5. The first-order valence-electron chi connectivity index (χ1n) is 10.5. The number of aromatic nitrogens is 3. The van der Waals surface area contributed by atoms with Gasteiger partial charge in [-0.2, -0.15) is 0 Å².